The Kier molecular flexibility index (Phi) is 5.14. The van der Waals surface area contributed by atoms with Gasteiger partial charge in [0.1, 0.15) is 7.05 Å². The predicted octanol–water partition coefficient (Wildman–Crippen LogP) is 4.39. The smallest absolute Gasteiger partial charge is 0.201 e. The fraction of sp³-hybridized carbons (Fsp3) is 0.438. The van der Waals surface area contributed by atoms with E-state index in [1.807, 2.05) is 0 Å². The molecule has 0 spiro atoms. The lowest BCUT2D eigenvalue weighted by atomic mass is 10.1. The van der Waals surface area contributed by atoms with E-state index in [0.29, 0.717) is 0 Å². The first-order valence-electron chi connectivity index (χ1n) is 6.43. The molecule has 1 rings (SSSR count). The third kappa shape index (κ3) is 3.55. The molecular formula is C16H24N+. The average molecular weight is 230 g/mol. The van der Waals surface area contributed by atoms with Crippen LogP contribution in [0.1, 0.15) is 37.8 Å². The molecule has 1 aromatic carbocycles. The Morgan fingerprint density at radius 1 is 1.18 bits per heavy atom. The van der Waals surface area contributed by atoms with Crippen LogP contribution >= 0.6 is 0 Å². The van der Waals surface area contributed by atoms with Crippen molar-refractivity contribution in [2.45, 2.75) is 40.5 Å². The zero-order valence-electron chi connectivity index (χ0n) is 11.7. The Labute approximate surface area is 105 Å². The molecule has 0 aliphatic heterocycles. The van der Waals surface area contributed by atoms with Crippen LogP contribution in [0.15, 0.2) is 29.8 Å². The molecule has 0 aliphatic carbocycles. The molecule has 17 heavy (non-hydrogen) atoms. The highest BCUT2D eigenvalue weighted by Crippen LogP contribution is 2.21. The molecule has 1 aromatic rings. The molecule has 0 aliphatic rings. The van der Waals surface area contributed by atoms with Gasteiger partial charge in [-0.05, 0) is 26.7 Å². The molecule has 0 bridgehead atoms. The van der Waals surface area contributed by atoms with Crippen molar-refractivity contribution in [2.75, 3.05) is 7.05 Å². The number of rotatable bonds is 4. The molecule has 0 amide bonds. The van der Waals surface area contributed by atoms with Crippen molar-refractivity contribution in [2.24, 2.45) is 0 Å². The molecule has 1 heteroatoms. The summed E-state index contributed by atoms with van der Waals surface area (Å²) in [7, 11) is 2.13. The summed E-state index contributed by atoms with van der Waals surface area (Å²) >= 11 is 0. The number of allylic oxidation sites excluding steroid dienone is 2. The van der Waals surface area contributed by atoms with Gasteiger partial charge < -0.3 is 0 Å². The van der Waals surface area contributed by atoms with E-state index in [2.05, 4.69) is 69.8 Å². The number of hydrogen-bond donors (Lipinski definition) is 0. The van der Waals surface area contributed by atoms with Crippen LogP contribution in [0, 0.1) is 13.8 Å². The summed E-state index contributed by atoms with van der Waals surface area (Å²) in [6.07, 6.45) is 6.73. The van der Waals surface area contributed by atoms with E-state index in [0.717, 1.165) is 12.8 Å². The lowest BCUT2D eigenvalue weighted by Crippen LogP contribution is -2.05. The molecule has 0 radical (unpaired) electrons. The highest BCUT2D eigenvalue weighted by Gasteiger charge is 2.11. The van der Waals surface area contributed by atoms with Gasteiger partial charge in [-0.1, -0.05) is 38.1 Å². The zero-order chi connectivity index (χ0) is 12.8. The molecule has 1 nitrogen and oxygen atoms in total. The second-order valence-corrected chi connectivity index (χ2v) is 4.52. The van der Waals surface area contributed by atoms with Crippen LogP contribution in [-0.2, 0) is 0 Å². The quantitative estimate of drug-likeness (QED) is 0.533. The monoisotopic (exact) mass is 230 g/mol. The first-order valence-corrected chi connectivity index (χ1v) is 6.43. The summed E-state index contributed by atoms with van der Waals surface area (Å²) in [4.78, 5) is 0. The van der Waals surface area contributed by atoms with E-state index in [1.54, 1.807) is 0 Å². The maximum atomic E-state index is 2.30. The molecule has 0 aromatic heterocycles. The van der Waals surface area contributed by atoms with Crippen LogP contribution in [0.2, 0.25) is 0 Å². The van der Waals surface area contributed by atoms with Crippen molar-refractivity contribution < 1.29 is 4.58 Å². The largest absolute Gasteiger partial charge is 0.210 e. The van der Waals surface area contributed by atoms with E-state index >= 15 is 0 Å². The van der Waals surface area contributed by atoms with Crippen LogP contribution in [0.3, 0.4) is 0 Å². The summed E-state index contributed by atoms with van der Waals surface area (Å²) in [5.41, 5.74) is 5.38. The first kappa shape index (κ1) is 13.7. The summed E-state index contributed by atoms with van der Waals surface area (Å²) in [5, 5.41) is 0. The Hall–Kier alpha value is -1.37. The highest BCUT2D eigenvalue weighted by atomic mass is 15.0. The second-order valence-electron chi connectivity index (χ2n) is 4.52. The molecule has 92 valence electrons. The summed E-state index contributed by atoms with van der Waals surface area (Å²) < 4.78 is 2.25. The summed E-state index contributed by atoms with van der Waals surface area (Å²) in [5.74, 6) is 0. The molecule has 0 heterocycles. The third-order valence-electron chi connectivity index (χ3n) is 3.03. The van der Waals surface area contributed by atoms with Crippen molar-refractivity contribution in [1.82, 2.24) is 0 Å². The standard InChI is InChI=1S/C16H24N/c1-6-9-15(7-2)12-17(5)16-13(3)10-8-11-14(16)4/h8-12H,6-7H2,1-5H3/q+1/b15-9-,17-12?. The predicted molar refractivity (Wildman–Crippen MR) is 76.5 cm³/mol. The van der Waals surface area contributed by atoms with Gasteiger partial charge in [-0.25, -0.2) is 4.58 Å². The number of nitrogens with zero attached hydrogens (tertiary/aromatic N) is 1. The van der Waals surface area contributed by atoms with Gasteiger partial charge >= 0.3 is 0 Å². The Balaban J connectivity index is 3.15. The van der Waals surface area contributed by atoms with Crippen molar-refractivity contribution >= 4 is 11.9 Å². The van der Waals surface area contributed by atoms with Crippen molar-refractivity contribution in [3.05, 3.63) is 41.0 Å². The van der Waals surface area contributed by atoms with Crippen LogP contribution in [0.5, 0.6) is 0 Å². The van der Waals surface area contributed by atoms with Gasteiger partial charge in [0.05, 0.1) is 0 Å². The van der Waals surface area contributed by atoms with E-state index in [4.69, 9.17) is 0 Å². The maximum absolute atomic E-state index is 2.30. The SMILES string of the molecule is CC/C=C(\C=[N+](C)c1c(C)cccc1C)CC. The van der Waals surface area contributed by atoms with Crippen LogP contribution in [0.25, 0.3) is 0 Å². The van der Waals surface area contributed by atoms with E-state index in [1.165, 1.54) is 22.4 Å². The average Bonchev–Trinajstić information content (AvgIpc) is 2.28. The van der Waals surface area contributed by atoms with Gasteiger partial charge in [0, 0.05) is 16.7 Å². The minimum Gasteiger partial charge on any atom is -0.201 e. The Bertz CT molecular complexity index is 419. The highest BCUT2D eigenvalue weighted by molar-refractivity contribution is 5.75. The van der Waals surface area contributed by atoms with Gasteiger partial charge in [-0.15, -0.1) is 0 Å². The van der Waals surface area contributed by atoms with Crippen molar-refractivity contribution in [3.63, 3.8) is 0 Å². The third-order valence-corrected chi connectivity index (χ3v) is 3.03. The maximum Gasteiger partial charge on any atom is 0.210 e. The van der Waals surface area contributed by atoms with Crippen molar-refractivity contribution in [3.8, 4) is 0 Å². The van der Waals surface area contributed by atoms with Crippen LogP contribution in [0.4, 0.5) is 5.69 Å². The number of para-hydroxylation sites is 1. The molecule has 0 fully saturated rings. The normalized spacial score (nSPS) is 13.0. The lowest BCUT2D eigenvalue weighted by Gasteiger charge is -2.05. The number of benzene rings is 1. The topological polar surface area (TPSA) is 3.01 Å². The Morgan fingerprint density at radius 2 is 1.76 bits per heavy atom. The van der Waals surface area contributed by atoms with Crippen LogP contribution < -0.4 is 0 Å². The zero-order valence-corrected chi connectivity index (χ0v) is 11.7. The summed E-state index contributed by atoms with van der Waals surface area (Å²) in [6, 6.07) is 6.45. The minimum atomic E-state index is 1.09. The van der Waals surface area contributed by atoms with Crippen molar-refractivity contribution in [1.29, 1.82) is 0 Å². The first-order chi connectivity index (χ1) is 8.10. The second kappa shape index (κ2) is 6.39. The number of hydrogen-bond acceptors (Lipinski definition) is 0. The van der Waals surface area contributed by atoms with E-state index in [9.17, 15) is 0 Å². The van der Waals surface area contributed by atoms with Gasteiger partial charge in [-0.2, -0.15) is 0 Å². The lowest BCUT2D eigenvalue weighted by molar-refractivity contribution is -0.400. The van der Waals surface area contributed by atoms with Gasteiger partial charge in [0.25, 0.3) is 0 Å². The molecule has 0 N–H and O–H groups in total. The van der Waals surface area contributed by atoms with Gasteiger partial charge in [0.15, 0.2) is 6.21 Å². The molecule has 0 unspecified atom stereocenters. The molecular weight excluding hydrogens is 206 g/mol. The fourth-order valence-electron chi connectivity index (χ4n) is 2.23. The van der Waals surface area contributed by atoms with Gasteiger partial charge in [-0.3, -0.25) is 0 Å². The molecule has 0 saturated heterocycles. The minimum absolute atomic E-state index is 1.09. The number of aryl methyl sites for hydroxylation is 2. The van der Waals surface area contributed by atoms with Crippen LogP contribution in [-0.4, -0.2) is 17.8 Å². The van der Waals surface area contributed by atoms with E-state index in [-0.39, 0.29) is 0 Å². The molecule has 0 atom stereocenters. The van der Waals surface area contributed by atoms with Gasteiger partial charge in [0.2, 0.25) is 5.69 Å². The molecule has 0 saturated carbocycles. The fourth-order valence-corrected chi connectivity index (χ4v) is 2.23. The van der Waals surface area contributed by atoms with E-state index < -0.39 is 0 Å². The Morgan fingerprint density at radius 3 is 2.24 bits per heavy atom. The summed E-state index contributed by atoms with van der Waals surface area (Å²) in [6.45, 7) is 8.72.